The van der Waals surface area contributed by atoms with E-state index in [1.54, 1.807) is 0 Å². The maximum Gasteiger partial charge on any atom is 0.303 e. The number of aliphatic hydroxyl groups excluding tert-OH is 2. The van der Waals surface area contributed by atoms with E-state index in [1.807, 2.05) is 13.8 Å². The molecule has 2 N–H and O–H groups in total. The van der Waals surface area contributed by atoms with E-state index >= 15 is 0 Å². The molecule has 216 valence electrons. The van der Waals surface area contributed by atoms with Crippen LogP contribution in [0.2, 0.25) is 0 Å². The predicted octanol–water partition coefficient (Wildman–Crippen LogP) is 4.92. The molecule has 0 radical (unpaired) electrons. The highest BCUT2D eigenvalue weighted by Gasteiger charge is 2.49. The Kier molecular flexibility index (Phi) is 12.7. The Bertz CT molecular complexity index is 887. The minimum atomic E-state index is -1.42. The maximum absolute atomic E-state index is 11.7. The van der Waals surface area contributed by atoms with E-state index in [1.165, 1.54) is 30.6 Å². The van der Waals surface area contributed by atoms with Gasteiger partial charge < -0.3 is 29.2 Å². The molecule has 0 saturated carbocycles. The first-order valence-electron chi connectivity index (χ1n) is 13.8. The Hall–Kier alpha value is -2.00. The molecule has 0 spiro atoms. The zero-order chi connectivity index (χ0) is 28.5. The summed E-state index contributed by atoms with van der Waals surface area (Å²) in [6, 6.07) is 0. The molecule has 1 aliphatic heterocycles. The molecule has 38 heavy (non-hydrogen) atoms. The SMILES string of the molecule is CC(=O)OC[C@H]1O[C@@H](OC(C)(C)C2C/C=C(\C)CC/C=C(\C)CC/C=C(\C)CC2)[C@H](O)[C@@H](OC(C)=O)[C@H]1O. The van der Waals surface area contributed by atoms with Gasteiger partial charge in [-0.3, -0.25) is 9.59 Å². The lowest BCUT2D eigenvalue weighted by molar-refractivity contribution is -0.329. The van der Waals surface area contributed by atoms with Crippen LogP contribution in [0.1, 0.15) is 93.4 Å². The number of ether oxygens (including phenoxy) is 4. The first kappa shape index (κ1) is 32.2. The van der Waals surface area contributed by atoms with Gasteiger partial charge in [-0.05, 0) is 85.5 Å². The van der Waals surface area contributed by atoms with Crippen molar-refractivity contribution in [2.75, 3.05) is 6.61 Å². The van der Waals surface area contributed by atoms with Crippen LogP contribution in [0.25, 0.3) is 0 Å². The van der Waals surface area contributed by atoms with Gasteiger partial charge in [-0.1, -0.05) is 34.9 Å². The predicted molar refractivity (Wildman–Crippen MR) is 145 cm³/mol. The fourth-order valence-corrected chi connectivity index (χ4v) is 4.96. The quantitative estimate of drug-likeness (QED) is 0.363. The number of carbonyl (C=O) groups excluding carboxylic acids is 2. The zero-order valence-corrected chi connectivity index (χ0v) is 24.2. The molecule has 0 amide bonds. The lowest BCUT2D eigenvalue weighted by atomic mass is 9.82. The van der Waals surface area contributed by atoms with Crippen molar-refractivity contribution in [2.24, 2.45) is 5.92 Å². The third-order valence-electron chi connectivity index (χ3n) is 7.50. The Morgan fingerprint density at radius 3 is 2.08 bits per heavy atom. The van der Waals surface area contributed by atoms with E-state index in [9.17, 15) is 19.8 Å². The minimum Gasteiger partial charge on any atom is -0.463 e. The molecule has 1 saturated heterocycles. The monoisotopic (exact) mass is 536 g/mol. The van der Waals surface area contributed by atoms with Gasteiger partial charge in [-0.25, -0.2) is 0 Å². The lowest BCUT2D eigenvalue weighted by Gasteiger charge is -2.45. The number of hydrogen-bond acceptors (Lipinski definition) is 8. The molecule has 2 aliphatic rings. The number of rotatable bonds is 6. The van der Waals surface area contributed by atoms with Gasteiger partial charge in [0.1, 0.15) is 24.9 Å². The number of esters is 2. The van der Waals surface area contributed by atoms with Gasteiger partial charge >= 0.3 is 11.9 Å². The highest BCUT2D eigenvalue weighted by Crippen LogP contribution is 2.36. The number of allylic oxidation sites excluding steroid dienone is 6. The first-order valence-corrected chi connectivity index (χ1v) is 13.8. The van der Waals surface area contributed by atoms with Crippen LogP contribution in [-0.4, -0.2) is 65.1 Å². The van der Waals surface area contributed by atoms with Gasteiger partial charge in [0.25, 0.3) is 0 Å². The second-order valence-electron chi connectivity index (χ2n) is 11.3. The van der Waals surface area contributed by atoms with Gasteiger partial charge in [0.15, 0.2) is 12.4 Å². The molecule has 1 aliphatic carbocycles. The molecule has 0 bridgehead atoms. The summed E-state index contributed by atoms with van der Waals surface area (Å²) in [5, 5.41) is 21.7. The maximum atomic E-state index is 11.7. The van der Waals surface area contributed by atoms with Gasteiger partial charge in [0.2, 0.25) is 0 Å². The second-order valence-corrected chi connectivity index (χ2v) is 11.3. The molecule has 6 atom stereocenters. The largest absolute Gasteiger partial charge is 0.463 e. The third kappa shape index (κ3) is 10.3. The summed E-state index contributed by atoms with van der Waals surface area (Å²) in [7, 11) is 0. The van der Waals surface area contributed by atoms with E-state index in [4.69, 9.17) is 18.9 Å². The lowest BCUT2D eigenvalue weighted by Crippen LogP contribution is -2.62. The van der Waals surface area contributed by atoms with Crippen molar-refractivity contribution in [3.8, 4) is 0 Å². The summed E-state index contributed by atoms with van der Waals surface area (Å²) in [6.45, 7) is 12.7. The van der Waals surface area contributed by atoms with E-state index in [0.717, 1.165) is 44.9 Å². The van der Waals surface area contributed by atoms with Crippen molar-refractivity contribution in [3.05, 3.63) is 34.9 Å². The van der Waals surface area contributed by atoms with Crippen LogP contribution >= 0.6 is 0 Å². The molecule has 1 heterocycles. The van der Waals surface area contributed by atoms with Crippen LogP contribution in [0.4, 0.5) is 0 Å². The summed E-state index contributed by atoms with van der Waals surface area (Å²) < 4.78 is 22.6. The zero-order valence-electron chi connectivity index (χ0n) is 24.2. The van der Waals surface area contributed by atoms with Crippen molar-refractivity contribution in [1.82, 2.24) is 0 Å². The highest BCUT2D eigenvalue weighted by molar-refractivity contribution is 5.66. The molecule has 1 fully saturated rings. The molecular formula is C30H48O8. The van der Waals surface area contributed by atoms with E-state index in [-0.39, 0.29) is 12.5 Å². The Labute approximate surface area is 228 Å². The Morgan fingerprint density at radius 2 is 1.50 bits per heavy atom. The summed E-state index contributed by atoms with van der Waals surface area (Å²) in [5.41, 5.74) is 3.37. The fraction of sp³-hybridized carbons (Fsp3) is 0.733. The summed E-state index contributed by atoms with van der Waals surface area (Å²) in [6.07, 6.45) is 7.32. The molecule has 0 aromatic rings. The average Bonchev–Trinajstić information content (AvgIpc) is 2.81. The topological polar surface area (TPSA) is 112 Å². The standard InChI is InChI=1S/C30H48O8/c1-19-10-8-12-20(2)14-16-24(17-15-21(3)13-9-11-19)30(6,7)38-29-27(34)28(36-23(5)32)26(33)25(37-29)18-35-22(4)31/h10,13-14,24-29,33-34H,8-9,11-12,15-18H2,1-7H3/b19-10+,20-14+,21-13+/t24?,25-,26+,27-,28+,29+/m1/s1. The van der Waals surface area contributed by atoms with Gasteiger partial charge in [0, 0.05) is 13.8 Å². The normalized spacial score (nSPS) is 34.4. The van der Waals surface area contributed by atoms with Crippen molar-refractivity contribution >= 4 is 11.9 Å². The van der Waals surface area contributed by atoms with Crippen LogP contribution in [-0.2, 0) is 28.5 Å². The van der Waals surface area contributed by atoms with Crippen LogP contribution < -0.4 is 0 Å². The Balaban J connectivity index is 2.26. The van der Waals surface area contributed by atoms with Crippen LogP contribution in [0.3, 0.4) is 0 Å². The fourth-order valence-electron chi connectivity index (χ4n) is 4.96. The molecular weight excluding hydrogens is 488 g/mol. The van der Waals surface area contributed by atoms with Crippen LogP contribution in [0, 0.1) is 5.92 Å². The third-order valence-corrected chi connectivity index (χ3v) is 7.50. The van der Waals surface area contributed by atoms with E-state index < -0.39 is 48.2 Å². The van der Waals surface area contributed by atoms with Crippen molar-refractivity contribution in [3.63, 3.8) is 0 Å². The number of carbonyl (C=O) groups is 2. The molecule has 0 aromatic carbocycles. The van der Waals surface area contributed by atoms with Crippen LogP contribution in [0.5, 0.6) is 0 Å². The summed E-state index contributed by atoms with van der Waals surface area (Å²) in [4.78, 5) is 23.1. The van der Waals surface area contributed by atoms with Gasteiger partial charge in [-0.15, -0.1) is 0 Å². The highest BCUT2D eigenvalue weighted by atomic mass is 16.7. The van der Waals surface area contributed by atoms with Gasteiger partial charge in [0.05, 0.1) is 5.60 Å². The number of hydrogen-bond donors (Lipinski definition) is 2. The van der Waals surface area contributed by atoms with Crippen molar-refractivity contribution in [1.29, 1.82) is 0 Å². The van der Waals surface area contributed by atoms with Crippen molar-refractivity contribution < 1.29 is 38.7 Å². The average molecular weight is 537 g/mol. The number of aliphatic hydroxyl groups is 2. The molecule has 1 unspecified atom stereocenters. The van der Waals surface area contributed by atoms with Gasteiger partial charge in [-0.2, -0.15) is 0 Å². The molecule has 0 aromatic heterocycles. The smallest absolute Gasteiger partial charge is 0.303 e. The summed E-state index contributed by atoms with van der Waals surface area (Å²) in [5.74, 6) is -1.09. The first-order chi connectivity index (χ1) is 17.8. The molecule has 2 rings (SSSR count). The molecule has 8 nitrogen and oxygen atoms in total. The summed E-state index contributed by atoms with van der Waals surface area (Å²) >= 11 is 0. The van der Waals surface area contributed by atoms with Crippen LogP contribution in [0.15, 0.2) is 34.9 Å². The van der Waals surface area contributed by atoms with E-state index in [2.05, 4.69) is 39.0 Å². The second kappa shape index (κ2) is 15.0. The minimum absolute atomic E-state index is 0.0998. The Morgan fingerprint density at radius 1 is 0.921 bits per heavy atom. The van der Waals surface area contributed by atoms with E-state index in [0.29, 0.717) is 0 Å². The van der Waals surface area contributed by atoms with Crippen molar-refractivity contribution in [2.45, 2.75) is 130 Å². The molecule has 8 heteroatoms.